The molecule has 1 heterocycles. The van der Waals surface area contributed by atoms with Gasteiger partial charge in [0.15, 0.2) is 6.29 Å². The molecule has 0 aliphatic rings. The zero-order valence-electron chi connectivity index (χ0n) is 8.66. The van der Waals surface area contributed by atoms with Gasteiger partial charge in [-0.1, -0.05) is 0 Å². The summed E-state index contributed by atoms with van der Waals surface area (Å²) in [5.74, 6) is 0.266. The second kappa shape index (κ2) is 4.96. The van der Waals surface area contributed by atoms with Crippen molar-refractivity contribution in [3.63, 3.8) is 0 Å². The van der Waals surface area contributed by atoms with Crippen LogP contribution in [0.2, 0.25) is 0 Å². The van der Waals surface area contributed by atoms with Gasteiger partial charge in [-0.25, -0.2) is 4.98 Å². The summed E-state index contributed by atoms with van der Waals surface area (Å²) in [4.78, 5) is 15.8. The van der Waals surface area contributed by atoms with E-state index in [1.807, 2.05) is 0 Å². The maximum atomic E-state index is 12.0. The van der Waals surface area contributed by atoms with E-state index in [1.54, 1.807) is 6.07 Å². The van der Waals surface area contributed by atoms with Gasteiger partial charge in [0.25, 0.3) is 0 Å². The molecule has 0 N–H and O–H groups in total. The van der Waals surface area contributed by atoms with E-state index >= 15 is 0 Å². The number of rotatable bonds is 4. The molecular weight excluding hydrogens is 221 g/mol. The number of hydrogen-bond donors (Lipinski definition) is 0. The van der Waals surface area contributed by atoms with Crippen LogP contribution in [0.4, 0.5) is 19.0 Å². The van der Waals surface area contributed by atoms with Gasteiger partial charge in [0.05, 0.1) is 12.0 Å². The standard InChI is InChI=1S/C10H11F3N2O/c1-15(6-4-10(11,12)13)9-8(7-16)3-2-5-14-9/h2-3,5,7H,4,6H2,1H3. The predicted molar refractivity (Wildman–Crippen MR) is 53.6 cm³/mol. The monoisotopic (exact) mass is 232 g/mol. The number of nitrogens with zero attached hydrogens (tertiary/aromatic N) is 2. The van der Waals surface area contributed by atoms with Crippen LogP contribution in [-0.4, -0.2) is 31.0 Å². The Balaban J connectivity index is 2.72. The Morgan fingerprint density at radius 1 is 1.50 bits per heavy atom. The molecule has 0 amide bonds. The number of anilines is 1. The van der Waals surface area contributed by atoms with Crippen LogP contribution in [0.15, 0.2) is 18.3 Å². The third-order valence-electron chi connectivity index (χ3n) is 2.04. The fourth-order valence-corrected chi connectivity index (χ4v) is 1.22. The largest absolute Gasteiger partial charge is 0.390 e. The molecule has 3 nitrogen and oxygen atoms in total. The molecule has 1 aromatic rings. The average Bonchev–Trinajstić information content (AvgIpc) is 2.25. The zero-order valence-corrected chi connectivity index (χ0v) is 8.66. The van der Waals surface area contributed by atoms with E-state index in [2.05, 4.69) is 4.98 Å². The van der Waals surface area contributed by atoms with Gasteiger partial charge in [0.1, 0.15) is 5.82 Å². The maximum absolute atomic E-state index is 12.0. The molecule has 1 aromatic heterocycles. The van der Waals surface area contributed by atoms with E-state index in [0.29, 0.717) is 6.29 Å². The van der Waals surface area contributed by atoms with Crippen LogP contribution in [-0.2, 0) is 0 Å². The van der Waals surface area contributed by atoms with Crippen LogP contribution in [0, 0.1) is 0 Å². The first-order chi connectivity index (χ1) is 7.44. The van der Waals surface area contributed by atoms with Gasteiger partial charge in [-0.15, -0.1) is 0 Å². The smallest absolute Gasteiger partial charge is 0.359 e. The molecule has 0 saturated carbocycles. The van der Waals surface area contributed by atoms with Crippen molar-refractivity contribution < 1.29 is 18.0 Å². The third kappa shape index (κ3) is 3.52. The summed E-state index contributed by atoms with van der Waals surface area (Å²) in [6.07, 6.45) is -3.12. The molecule has 0 fully saturated rings. The van der Waals surface area contributed by atoms with Gasteiger partial charge >= 0.3 is 6.18 Å². The van der Waals surface area contributed by atoms with Gasteiger partial charge < -0.3 is 4.90 Å². The van der Waals surface area contributed by atoms with Crippen LogP contribution >= 0.6 is 0 Å². The second-order valence-corrected chi connectivity index (χ2v) is 3.32. The molecule has 0 aliphatic carbocycles. The molecule has 6 heteroatoms. The van der Waals surface area contributed by atoms with Gasteiger partial charge in [-0.05, 0) is 12.1 Å². The molecule has 0 saturated heterocycles. The van der Waals surface area contributed by atoms with Crippen molar-refractivity contribution in [3.8, 4) is 0 Å². The summed E-state index contributed by atoms with van der Waals surface area (Å²) < 4.78 is 36.0. The Kier molecular flexibility index (Phi) is 3.87. The number of aldehydes is 1. The summed E-state index contributed by atoms with van der Waals surface area (Å²) in [6.45, 7) is -0.221. The fourth-order valence-electron chi connectivity index (χ4n) is 1.22. The van der Waals surface area contributed by atoms with Crippen molar-refractivity contribution >= 4 is 12.1 Å². The number of halogens is 3. The van der Waals surface area contributed by atoms with Crippen LogP contribution in [0.1, 0.15) is 16.8 Å². The molecule has 88 valence electrons. The summed E-state index contributed by atoms with van der Waals surface area (Å²) >= 11 is 0. The average molecular weight is 232 g/mol. The molecule has 0 radical (unpaired) electrons. The highest BCUT2D eigenvalue weighted by Crippen LogP contribution is 2.21. The van der Waals surface area contributed by atoms with Gasteiger partial charge in [0, 0.05) is 19.8 Å². The van der Waals surface area contributed by atoms with Gasteiger partial charge in [-0.2, -0.15) is 13.2 Å². The highest BCUT2D eigenvalue weighted by atomic mass is 19.4. The number of hydrogen-bond acceptors (Lipinski definition) is 3. The van der Waals surface area contributed by atoms with Crippen LogP contribution in [0.5, 0.6) is 0 Å². The quantitative estimate of drug-likeness (QED) is 0.747. The summed E-state index contributed by atoms with van der Waals surface area (Å²) in [7, 11) is 1.47. The number of carbonyl (C=O) groups excluding carboxylic acids is 1. The first kappa shape index (κ1) is 12.5. The first-order valence-corrected chi connectivity index (χ1v) is 4.62. The number of aromatic nitrogens is 1. The molecule has 0 aromatic carbocycles. The van der Waals surface area contributed by atoms with Gasteiger partial charge in [0.2, 0.25) is 0 Å². The van der Waals surface area contributed by atoms with E-state index < -0.39 is 12.6 Å². The molecule has 0 atom stereocenters. The minimum Gasteiger partial charge on any atom is -0.359 e. The molecule has 16 heavy (non-hydrogen) atoms. The Morgan fingerprint density at radius 2 is 2.19 bits per heavy atom. The van der Waals surface area contributed by atoms with Crippen molar-refractivity contribution in [1.29, 1.82) is 0 Å². The topological polar surface area (TPSA) is 33.2 Å². The summed E-state index contributed by atoms with van der Waals surface area (Å²) in [6, 6.07) is 3.07. The van der Waals surface area contributed by atoms with Crippen molar-refractivity contribution in [2.24, 2.45) is 0 Å². The van der Waals surface area contributed by atoms with E-state index in [1.165, 1.54) is 24.2 Å². The highest BCUT2D eigenvalue weighted by Gasteiger charge is 2.27. The van der Waals surface area contributed by atoms with E-state index in [9.17, 15) is 18.0 Å². The minimum atomic E-state index is -4.20. The van der Waals surface area contributed by atoms with E-state index in [-0.39, 0.29) is 17.9 Å². The normalized spacial score (nSPS) is 11.2. The molecule has 1 rings (SSSR count). The Hall–Kier alpha value is -1.59. The summed E-state index contributed by atoms with van der Waals surface area (Å²) in [5.41, 5.74) is 0.284. The maximum Gasteiger partial charge on any atom is 0.390 e. The van der Waals surface area contributed by atoms with E-state index in [0.717, 1.165) is 0 Å². The van der Waals surface area contributed by atoms with Crippen LogP contribution in [0.25, 0.3) is 0 Å². The third-order valence-corrected chi connectivity index (χ3v) is 2.04. The Morgan fingerprint density at radius 3 is 2.75 bits per heavy atom. The Bertz CT molecular complexity index is 365. The Labute approximate surface area is 90.9 Å². The van der Waals surface area contributed by atoms with Crippen molar-refractivity contribution in [2.45, 2.75) is 12.6 Å². The fraction of sp³-hybridized carbons (Fsp3) is 0.400. The van der Waals surface area contributed by atoms with Crippen molar-refractivity contribution in [2.75, 3.05) is 18.5 Å². The summed E-state index contributed by atoms with van der Waals surface area (Å²) in [5, 5.41) is 0. The SMILES string of the molecule is CN(CCC(F)(F)F)c1ncccc1C=O. The second-order valence-electron chi connectivity index (χ2n) is 3.32. The number of alkyl halides is 3. The molecule has 0 spiro atoms. The lowest BCUT2D eigenvalue weighted by molar-refractivity contribution is -0.132. The number of carbonyl (C=O) groups is 1. The predicted octanol–water partition coefficient (Wildman–Crippen LogP) is 2.28. The minimum absolute atomic E-state index is 0.221. The van der Waals surface area contributed by atoms with Gasteiger partial charge in [-0.3, -0.25) is 4.79 Å². The lowest BCUT2D eigenvalue weighted by Gasteiger charge is -2.20. The molecular formula is C10H11F3N2O. The van der Waals surface area contributed by atoms with Crippen LogP contribution in [0.3, 0.4) is 0 Å². The highest BCUT2D eigenvalue weighted by molar-refractivity contribution is 5.82. The molecule has 0 aliphatic heterocycles. The lowest BCUT2D eigenvalue weighted by Crippen LogP contribution is -2.25. The lowest BCUT2D eigenvalue weighted by atomic mass is 10.2. The number of pyridine rings is 1. The zero-order chi connectivity index (χ0) is 12.2. The van der Waals surface area contributed by atoms with Crippen molar-refractivity contribution in [3.05, 3.63) is 23.9 Å². The van der Waals surface area contributed by atoms with E-state index in [4.69, 9.17) is 0 Å². The molecule has 0 unspecified atom stereocenters. The van der Waals surface area contributed by atoms with Crippen LogP contribution < -0.4 is 4.90 Å². The van der Waals surface area contributed by atoms with Crippen molar-refractivity contribution in [1.82, 2.24) is 4.98 Å². The first-order valence-electron chi connectivity index (χ1n) is 4.62. The molecule has 0 bridgehead atoms.